The molecule has 0 spiro atoms. The number of amides is 2. The number of hydrogen-bond acceptors (Lipinski definition) is 8. The summed E-state index contributed by atoms with van der Waals surface area (Å²) < 4.78 is 5.10. The Hall–Kier alpha value is -5.58. The molecule has 13 heteroatoms. The monoisotopic (exact) mass is 990 g/mol. The van der Waals surface area contributed by atoms with E-state index in [1.165, 1.54) is 18.2 Å². The second-order valence-corrected chi connectivity index (χ2v) is 19.8. The van der Waals surface area contributed by atoms with Crippen LogP contribution in [0.4, 0.5) is 0 Å². The standard InChI is InChI=1S/C29H31NO3S.C28H29NO3S.CH4.Li.2H2O/c1-33-29(32)26-20-25(34-19-11-14-22-12-5-2-6-13-22)21-30(26)28(31)27(23-15-7-3-8-16-23)24-17-9-4-10-18-24;30-27(26(22-14-6-2-7-15-22)23-16-8-3-9-17-23)29-20-24(19-25(29)28(31)32)33-18-10-13-21-11-4-1-5-12-21;;;;/h2-10,12-13,15-18,25-27H,11,14,19-21H2,1H3;1-9,11-12,14-17,24-26H,10,13,18-20H2,(H,31,32);1H4;;2*1H2/q;;;+1;;/p-1/t25-,26-;24-,25-;;;;/m00..../s1. The maximum Gasteiger partial charge on any atom is 1.00 e. The Bertz CT molecular complexity index is 2380. The molecule has 2 aliphatic heterocycles. The zero-order chi connectivity index (χ0) is 46.8. The van der Waals surface area contributed by atoms with E-state index in [1.807, 2.05) is 145 Å². The van der Waals surface area contributed by atoms with Gasteiger partial charge < -0.3 is 30.6 Å². The van der Waals surface area contributed by atoms with Gasteiger partial charge in [0.25, 0.3) is 0 Å². The molecule has 2 fully saturated rings. The minimum atomic E-state index is -0.921. The minimum absolute atomic E-state index is 0. The van der Waals surface area contributed by atoms with E-state index in [4.69, 9.17) is 4.74 Å². The van der Waals surface area contributed by atoms with Crippen molar-refractivity contribution in [2.24, 2.45) is 0 Å². The molecule has 370 valence electrons. The summed E-state index contributed by atoms with van der Waals surface area (Å²) in [6.07, 6.45) is 5.27. The van der Waals surface area contributed by atoms with Crippen LogP contribution in [0.3, 0.4) is 0 Å². The van der Waals surface area contributed by atoms with Crippen molar-refractivity contribution in [1.82, 2.24) is 9.80 Å². The summed E-state index contributed by atoms with van der Waals surface area (Å²) in [4.78, 5) is 55.8. The Labute approximate surface area is 440 Å². The van der Waals surface area contributed by atoms with Gasteiger partial charge in [-0.2, -0.15) is 23.5 Å². The van der Waals surface area contributed by atoms with Gasteiger partial charge in [-0.15, -0.1) is 0 Å². The molecule has 0 saturated carbocycles. The predicted molar refractivity (Wildman–Crippen MR) is 284 cm³/mol. The maximum absolute atomic E-state index is 13.9. The van der Waals surface area contributed by atoms with Crippen LogP contribution in [-0.4, -0.2) is 104 Å². The van der Waals surface area contributed by atoms with Crippen molar-refractivity contribution in [3.05, 3.63) is 215 Å². The van der Waals surface area contributed by atoms with Crippen LogP contribution in [0.15, 0.2) is 182 Å². The van der Waals surface area contributed by atoms with Gasteiger partial charge in [-0.3, -0.25) is 9.59 Å². The van der Waals surface area contributed by atoms with Crippen LogP contribution in [-0.2, 0) is 36.8 Å². The normalized spacial score (nSPS) is 16.8. The zero-order valence-electron chi connectivity index (χ0n) is 40.0. The molecule has 10 nitrogen and oxygen atoms in total. The Kier molecular flexibility index (Phi) is 26.1. The van der Waals surface area contributed by atoms with Crippen LogP contribution in [0.5, 0.6) is 0 Å². The molecule has 2 saturated heterocycles. The number of aliphatic carboxylic acids is 1. The van der Waals surface area contributed by atoms with Gasteiger partial charge in [-0.1, -0.05) is 189 Å². The Morgan fingerprint density at radius 1 is 0.535 bits per heavy atom. The molecule has 2 amide bonds. The molecule has 0 aliphatic carbocycles. The number of hydrogen-bond donors (Lipinski definition) is 1. The van der Waals surface area contributed by atoms with E-state index in [2.05, 4.69) is 48.5 Å². The molecule has 2 aliphatic rings. The summed E-state index contributed by atoms with van der Waals surface area (Å²) in [6, 6.07) is 58.5. The van der Waals surface area contributed by atoms with Crippen LogP contribution < -0.4 is 18.9 Å². The summed E-state index contributed by atoms with van der Waals surface area (Å²) in [5.41, 5.74) is 6.29. The largest absolute Gasteiger partial charge is 1.00 e. The van der Waals surface area contributed by atoms with E-state index in [9.17, 15) is 24.3 Å². The summed E-state index contributed by atoms with van der Waals surface area (Å²) in [7, 11) is 1.40. The van der Waals surface area contributed by atoms with Gasteiger partial charge in [0.05, 0.1) is 18.9 Å². The molecule has 6 aromatic rings. The number of thioether (sulfide) groups is 2. The first-order valence-corrected chi connectivity index (χ1v) is 25.3. The van der Waals surface area contributed by atoms with Gasteiger partial charge in [0.1, 0.15) is 12.1 Å². The van der Waals surface area contributed by atoms with E-state index in [0.717, 1.165) is 59.4 Å². The summed E-state index contributed by atoms with van der Waals surface area (Å²) in [6.45, 7) is 1.03. The Morgan fingerprint density at radius 2 is 0.831 bits per heavy atom. The SMILES string of the molecule is C.COC(=O)[C@@H]1C[C@H](SCCCc2ccccc2)CN1C(=O)C(c1ccccc1)c1ccccc1.O.O=C(O)[C@@H]1C[C@H](SCCCc2ccccc2)CN1C(=O)C(c1ccccc1)c1ccccc1.[Li+].[OH-]. The van der Waals surface area contributed by atoms with Crippen LogP contribution in [0.1, 0.15) is 78.3 Å². The second kappa shape index (κ2) is 31.0. The topological polar surface area (TPSA) is 166 Å². The first-order chi connectivity index (χ1) is 32.8. The fourth-order valence-electron chi connectivity index (χ4n) is 9.13. The molecular formula is C58H67LiN2O8S2. The number of methoxy groups -OCH3 is 1. The number of carboxylic acids is 1. The summed E-state index contributed by atoms with van der Waals surface area (Å²) in [5, 5.41) is 10.2. The number of carboxylic acid groups (broad SMARTS) is 1. The van der Waals surface area contributed by atoms with E-state index < -0.39 is 29.9 Å². The predicted octanol–water partition coefficient (Wildman–Crippen LogP) is 7.20. The maximum atomic E-state index is 13.9. The molecule has 0 radical (unpaired) electrons. The number of aryl methyl sites for hydroxylation is 2. The Balaban J connectivity index is 0.000000355. The van der Waals surface area contributed by atoms with Gasteiger partial charge in [0.2, 0.25) is 11.8 Å². The number of carbonyl (C=O) groups is 4. The van der Waals surface area contributed by atoms with Crippen molar-refractivity contribution in [3.8, 4) is 0 Å². The van der Waals surface area contributed by atoms with Crippen LogP contribution >= 0.6 is 23.5 Å². The number of rotatable bonds is 18. The first kappa shape index (κ1) is 59.7. The third kappa shape index (κ3) is 16.7. The van der Waals surface area contributed by atoms with Crippen molar-refractivity contribution in [1.29, 1.82) is 0 Å². The molecule has 0 unspecified atom stereocenters. The smallest absolute Gasteiger partial charge is 0.870 e. The fourth-order valence-corrected chi connectivity index (χ4v) is 11.6. The molecular weight excluding hydrogens is 924 g/mol. The van der Waals surface area contributed by atoms with Gasteiger partial charge in [0, 0.05) is 23.6 Å². The van der Waals surface area contributed by atoms with Crippen LogP contribution in [0.25, 0.3) is 0 Å². The Morgan fingerprint density at radius 3 is 1.14 bits per heavy atom. The van der Waals surface area contributed by atoms with Gasteiger partial charge in [-0.25, -0.2) is 9.59 Å². The van der Waals surface area contributed by atoms with Gasteiger partial charge in [0.15, 0.2) is 0 Å². The van der Waals surface area contributed by atoms with Crippen molar-refractivity contribution in [2.75, 3.05) is 31.7 Å². The molecule has 8 rings (SSSR count). The van der Waals surface area contributed by atoms with E-state index in [-0.39, 0.29) is 65.5 Å². The van der Waals surface area contributed by atoms with Crippen LogP contribution in [0.2, 0.25) is 0 Å². The molecule has 0 bridgehead atoms. The molecule has 2 heterocycles. The molecule has 4 atom stereocenters. The van der Waals surface area contributed by atoms with Crippen molar-refractivity contribution in [3.63, 3.8) is 0 Å². The van der Waals surface area contributed by atoms with Gasteiger partial charge >= 0.3 is 30.8 Å². The number of likely N-dealkylation sites (tertiary alicyclic amines) is 2. The van der Waals surface area contributed by atoms with Crippen molar-refractivity contribution in [2.45, 2.75) is 80.4 Å². The van der Waals surface area contributed by atoms with E-state index in [0.29, 0.717) is 25.9 Å². The molecule has 0 aromatic heterocycles. The number of carbonyl (C=O) groups excluding carboxylic acids is 3. The summed E-state index contributed by atoms with van der Waals surface area (Å²) >= 11 is 3.65. The van der Waals surface area contributed by atoms with E-state index >= 15 is 0 Å². The number of ether oxygens (including phenoxy) is 1. The third-order valence-corrected chi connectivity index (χ3v) is 15.2. The quantitative estimate of drug-likeness (QED) is 0.0533. The molecule has 71 heavy (non-hydrogen) atoms. The van der Waals surface area contributed by atoms with Crippen molar-refractivity contribution >= 4 is 47.3 Å². The fraction of sp³-hybridized carbons (Fsp3) is 0.310. The average molecular weight is 991 g/mol. The second-order valence-electron chi connectivity index (χ2n) is 17.0. The third-order valence-electron chi connectivity index (χ3n) is 12.5. The number of nitrogens with zero attached hydrogens (tertiary/aromatic N) is 2. The van der Waals surface area contributed by atoms with E-state index in [1.54, 1.807) is 21.6 Å². The summed E-state index contributed by atoms with van der Waals surface area (Å²) in [5.74, 6) is -0.429. The minimum Gasteiger partial charge on any atom is -0.870 e. The molecule has 6 aromatic carbocycles. The number of esters is 1. The molecule has 4 N–H and O–H groups in total. The zero-order valence-corrected chi connectivity index (χ0v) is 41.6. The first-order valence-electron chi connectivity index (χ1n) is 23.2. The average Bonchev–Trinajstić information content (AvgIpc) is 4.02. The number of benzene rings is 6. The van der Waals surface area contributed by atoms with Gasteiger partial charge in [-0.05, 0) is 83.4 Å². The van der Waals surface area contributed by atoms with Crippen molar-refractivity contribution < 1.29 is 58.8 Å². The van der Waals surface area contributed by atoms with Crippen LogP contribution in [0, 0.1) is 0 Å².